The fourth-order valence-corrected chi connectivity index (χ4v) is 1.36. The Morgan fingerprint density at radius 1 is 1.75 bits per heavy atom. The molecule has 64 valence electrons. The first-order valence-electron chi connectivity index (χ1n) is 3.80. The fraction of sp³-hybridized carbons (Fsp3) is 0.429. The molecule has 3 N–H and O–H groups in total. The second-order valence-corrected chi connectivity index (χ2v) is 2.87. The van der Waals surface area contributed by atoms with Crippen LogP contribution in [-0.2, 0) is 24.4 Å². The van der Waals surface area contributed by atoms with Gasteiger partial charge in [0.15, 0.2) is 0 Å². The van der Waals surface area contributed by atoms with Crippen molar-refractivity contribution in [3.05, 3.63) is 17.5 Å². The summed E-state index contributed by atoms with van der Waals surface area (Å²) in [5.74, 6) is -0.357. The summed E-state index contributed by atoms with van der Waals surface area (Å²) in [5.41, 5.74) is 7.22. The highest BCUT2D eigenvalue weighted by molar-refractivity contribution is 5.73. The van der Waals surface area contributed by atoms with Gasteiger partial charge in [-0.15, -0.1) is 0 Å². The molecule has 2 heterocycles. The number of nitrogens with two attached hydrogens (primary N) is 1. The van der Waals surface area contributed by atoms with Crippen molar-refractivity contribution in [3.63, 3.8) is 0 Å². The molecule has 12 heavy (non-hydrogen) atoms. The smallest absolute Gasteiger partial charge is 0.239 e. The van der Waals surface area contributed by atoms with E-state index in [4.69, 9.17) is 5.73 Å². The van der Waals surface area contributed by atoms with Crippen molar-refractivity contribution in [2.45, 2.75) is 19.6 Å². The third-order valence-electron chi connectivity index (χ3n) is 1.85. The molecule has 1 aromatic heterocycles. The van der Waals surface area contributed by atoms with Crippen LogP contribution in [0.4, 0.5) is 0 Å². The number of carbonyl (C=O) groups excluding carboxylic acids is 1. The van der Waals surface area contributed by atoms with E-state index < -0.39 is 0 Å². The monoisotopic (exact) mass is 166 g/mol. The molecule has 1 aliphatic heterocycles. The lowest BCUT2D eigenvalue weighted by molar-refractivity contribution is -0.118. The van der Waals surface area contributed by atoms with Crippen LogP contribution in [0, 0.1) is 0 Å². The number of hydrogen-bond acceptors (Lipinski definition) is 3. The molecular weight excluding hydrogens is 156 g/mol. The van der Waals surface area contributed by atoms with Gasteiger partial charge in [0.05, 0.1) is 5.69 Å². The largest absolute Gasteiger partial charge is 0.368 e. The van der Waals surface area contributed by atoms with Crippen molar-refractivity contribution < 1.29 is 4.79 Å². The minimum atomic E-state index is -0.357. The zero-order chi connectivity index (χ0) is 8.55. The van der Waals surface area contributed by atoms with Crippen LogP contribution in [0.1, 0.15) is 11.3 Å². The van der Waals surface area contributed by atoms with E-state index >= 15 is 0 Å². The Morgan fingerprint density at radius 3 is 3.25 bits per heavy atom. The van der Waals surface area contributed by atoms with Crippen molar-refractivity contribution >= 4 is 5.91 Å². The van der Waals surface area contributed by atoms with E-state index in [1.54, 1.807) is 4.68 Å². The quantitative estimate of drug-likeness (QED) is 0.590. The van der Waals surface area contributed by atoms with E-state index in [1.165, 1.54) is 0 Å². The third kappa shape index (κ3) is 1.18. The summed E-state index contributed by atoms with van der Waals surface area (Å²) in [6, 6.07) is 0. The highest BCUT2D eigenvalue weighted by Gasteiger charge is 2.14. The van der Waals surface area contributed by atoms with Crippen LogP contribution >= 0.6 is 0 Å². The first-order chi connectivity index (χ1) is 5.75. The second-order valence-electron chi connectivity index (χ2n) is 2.87. The maximum atomic E-state index is 10.5. The molecule has 1 amide bonds. The normalized spacial score (nSPS) is 14.7. The van der Waals surface area contributed by atoms with E-state index in [1.807, 2.05) is 6.20 Å². The molecular formula is C7H10N4O. The lowest BCUT2D eigenvalue weighted by Gasteiger charge is -1.96. The Balaban J connectivity index is 2.20. The molecule has 5 heteroatoms. The van der Waals surface area contributed by atoms with Gasteiger partial charge in [-0.25, -0.2) is 0 Å². The van der Waals surface area contributed by atoms with Crippen molar-refractivity contribution in [2.75, 3.05) is 0 Å². The van der Waals surface area contributed by atoms with Gasteiger partial charge in [0.1, 0.15) is 6.54 Å². The van der Waals surface area contributed by atoms with Crippen LogP contribution in [-0.4, -0.2) is 15.7 Å². The van der Waals surface area contributed by atoms with E-state index in [-0.39, 0.29) is 12.5 Å². The minimum Gasteiger partial charge on any atom is -0.368 e. The Bertz CT molecular complexity index is 296. The van der Waals surface area contributed by atoms with Gasteiger partial charge in [-0.2, -0.15) is 5.10 Å². The summed E-state index contributed by atoms with van der Waals surface area (Å²) >= 11 is 0. The Hall–Kier alpha value is -1.36. The van der Waals surface area contributed by atoms with Gasteiger partial charge < -0.3 is 11.1 Å². The van der Waals surface area contributed by atoms with E-state index in [9.17, 15) is 4.79 Å². The number of aromatic nitrogens is 2. The van der Waals surface area contributed by atoms with E-state index in [2.05, 4.69) is 10.4 Å². The lowest BCUT2D eigenvalue weighted by atomic mass is 10.3. The second kappa shape index (κ2) is 2.60. The molecule has 1 aromatic rings. The number of hydrogen-bond donors (Lipinski definition) is 2. The standard InChI is InChI=1S/C7H10N4O/c8-7(12)4-11-3-5-1-9-2-6(5)10-11/h3,9H,1-2,4H2,(H2,8,12). The zero-order valence-electron chi connectivity index (χ0n) is 6.58. The topological polar surface area (TPSA) is 72.9 Å². The minimum absolute atomic E-state index is 0.174. The molecule has 0 unspecified atom stereocenters. The molecule has 0 radical (unpaired) electrons. The highest BCUT2D eigenvalue weighted by Crippen LogP contribution is 2.11. The van der Waals surface area contributed by atoms with Gasteiger partial charge in [0, 0.05) is 24.8 Å². The van der Waals surface area contributed by atoms with Crippen LogP contribution in [0.5, 0.6) is 0 Å². The number of nitrogens with zero attached hydrogens (tertiary/aromatic N) is 2. The fourth-order valence-electron chi connectivity index (χ4n) is 1.36. The average molecular weight is 166 g/mol. The summed E-state index contributed by atoms with van der Waals surface area (Å²) < 4.78 is 1.59. The number of rotatable bonds is 2. The van der Waals surface area contributed by atoms with Gasteiger partial charge in [-0.05, 0) is 0 Å². The van der Waals surface area contributed by atoms with Gasteiger partial charge >= 0.3 is 0 Å². The zero-order valence-corrected chi connectivity index (χ0v) is 6.58. The van der Waals surface area contributed by atoms with E-state index in [0.29, 0.717) is 0 Å². The van der Waals surface area contributed by atoms with Gasteiger partial charge in [-0.1, -0.05) is 0 Å². The lowest BCUT2D eigenvalue weighted by Crippen LogP contribution is -2.19. The van der Waals surface area contributed by atoms with Crippen LogP contribution < -0.4 is 11.1 Å². The van der Waals surface area contributed by atoms with Crippen LogP contribution in [0.15, 0.2) is 6.20 Å². The number of amides is 1. The average Bonchev–Trinajstić information content (AvgIpc) is 2.43. The van der Waals surface area contributed by atoms with Crippen molar-refractivity contribution in [1.29, 1.82) is 0 Å². The molecule has 0 aromatic carbocycles. The molecule has 5 nitrogen and oxygen atoms in total. The highest BCUT2D eigenvalue weighted by atomic mass is 16.1. The van der Waals surface area contributed by atoms with Crippen molar-refractivity contribution in [3.8, 4) is 0 Å². The molecule has 0 fully saturated rings. The molecule has 0 spiro atoms. The molecule has 0 saturated carbocycles. The first kappa shape index (κ1) is 7.30. The van der Waals surface area contributed by atoms with Crippen LogP contribution in [0.3, 0.4) is 0 Å². The van der Waals surface area contributed by atoms with E-state index in [0.717, 1.165) is 24.3 Å². The SMILES string of the molecule is NC(=O)Cn1cc2c(n1)CNC2. The molecule has 2 rings (SSSR count). The van der Waals surface area contributed by atoms with Gasteiger partial charge in [0.25, 0.3) is 0 Å². The van der Waals surface area contributed by atoms with Crippen LogP contribution in [0.2, 0.25) is 0 Å². The molecule has 0 bridgehead atoms. The van der Waals surface area contributed by atoms with Crippen molar-refractivity contribution in [1.82, 2.24) is 15.1 Å². The maximum Gasteiger partial charge on any atom is 0.239 e. The molecule has 1 aliphatic rings. The third-order valence-corrected chi connectivity index (χ3v) is 1.85. The van der Waals surface area contributed by atoms with Crippen molar-refractivity contribution in [2.24, 2.45) is 5.73 Å². The summed E-state index contributed by atoms with van der Waals surface area (Å²) in [4.78, 5) is 10.5. The van der Waals surface area contributed by atoms with Crippen LogP contribution in [0.25, 0.3) is 0 Å². The summed E-state index contributed by atoms with van der Waals surface area (Å²) in [6.45, 7) is 1.81. The number of nitrogens with one attached hydrogen (secondary N) is 1. The molecule has 0 saturated heterocycles. The molecule has 0 atom stereocenters. The number of fused-ring (bicyclic) bond motifs is 1. The molecule has 0 aliphatic carbocycles. The predicted molar refractivity (Wildman–Crippen MR) is 42.0 cm³/mol. The maximum absolute atomic E-state index is 10.5. The number of primary amides is 1. The van der Waals surface area contributed by atoms with Gasteiger partial charge in [-0.3, -0.25) is 9.48 Å². The Kier molecular flexibility index (Phi) is 1.58. The summed E-state index contributed by atoms with van der Waals surface area (Å²) in [7, 11) is 0. The first-order valence-corrected chi connectivity index (χ1v) is 3.80. The number of carbonyl (C=O) groups is 1. The summed E-state index contributed by atoms with van der Waals surface area (Å²) in [6.07, 6.45) is 1.86. The Labute approximate surface area is 69.5 Å². The predicted octanol–water partition coefficient (Wildman–Crippen LogP) is -1.03. The Morgan fingerprint density at radius 2 is 2.58 bits per heavy atom. The summed E-state index contributed by atoms with van der Waals surface area (Å²) in [5, 5.41) is 7.34. The van der Waals surface area contributed by atoms with Gasteiger partial charge in [0.2, 0.25) is 5.91 Å².